The van der Waals surface area contributed by atoms with E-state index in [9.17, 15) is 19.2 Å². The third-order valence-electron chi connectivity index (χ3n) is 6.52. The third-order valence-corrected chi connectivity index (χ3v) is 7.57. The van der Waals surface area contributed by atoms with Crippen LogP contribution in [0.5, 0.6) is 17.2 Å². The number of imide groups is 2. The Hall–Kier alpha value is -4.16. The van der Waals surface area contributed by atoms with E-state index in [0.717, 1.165) is 22.4 Å². The number of halogens is 2. The number of amides is 5. The number of hydrogen-bond donors (Lipinski definition) is 2. The molecular weight excluding hydrogens is 698 g/mol. The Morgan fingerprint density at radius 2 is 1.70 bits per heavy atom. The molecule has 5 amide bonds. The number of hydrogen-bond acceptors (Lipinski definition) is 7. The third kappa shape index (κ3) is 7.67. The molecule has 0 unspecified atom stereocenters. The first kappa shape index (κ1) is 32.7. The summed E-state index contributed by atoms with van der Waals surface area (Å²) in [6.45, 7) is 8.15. The van der Waals surface area contributed by atoms with Gasteiger partial charge in [0.05, 0.1) is 23.4 Å². The highest BCUT2D eigenvalue weighted by molar-refractivity contribution is 9.11. The van der Waals surface area contributed by atoms with Gasteiger partial charge in [-0.1, -0.05) is 28.9 Å². The first-order chi connectivity index (χ1) is 21.0. The van der Waals surface area contributed by atoms with Crippen LogP contribution in [0.4, 0.5) is 16.2 Å². The van der Waals surface area contributed by atoms with E-state index in [4.69, 9.17) is 14.2 Å². The van der Waals surface area contributed by atoms with Crippen LogP contribution in [0, 0.1) is 13.8 Å². The van der Waals surface area contributed by atoms with Crippen molar-refractivity contribution in [1.82, 2.24) is 5.32 Å². The molecule has 0 saturated carbocycles. The molecule has 3 aromatic carbocycles. The summed E-state index contributed by atoms with van der Waals surface area (Å²) < 4.78 is 18.4. The topological polar surface area (TPSA) is 123 Å². The zero-order valence-electron chi connectivity index (χ0n) is 24.6. The second-order valence-corrected chi connectivity index (χ2v) is 11.6. The molecule has 0 aliphatic carbocycles. The molecule has 10 nitrogen and oxygen atoms in total. The summed E-state index contributed by atoms with van der Waals surface area (Å²) >= 11 is 6.86. The molecule has 12 heteroatoms. The van der Waals surface area contributed by atoms with Crippen molar-refractivity contribution >= 4 is 73.1 Å². The number of aryl methyl sites for hydroxylation is 2. The molecule has 0 bridgehead atoms. The van der Waals surface area contributed by atoms with Crippen molar-refractivity contribution in [2.24, 2.45) is 0 Å². The first-order valence-electron chi connectivity index (χ1n) is 13.8. The van der Waals surface area contributed by atoms with Gasteiger partial charge in [-0.3, -0.25) is 19.7 Å². The predicted octanol–water partition coefficient (Wildman–Crippen LogP) is 6.70. The molecule has 1 heterocycles. The van der Waals surface area contributed by atoms with Gasteiger partial charge in [0, 0.05) is 21.8 Å². The minimum absolute atomic E-state index is 0.188. The molecule has 3 aromatic rings. The van der Waals surface area contributed by atoms with E-state index >= 15 is 0 Å². The van der Waals surface area contributed by atoms with Crippen LogP contribution in [-0.2, 0) is 14.4 Å². The van der Waals surface area contributed by atoms with Crippen LogP contribution in [-0.4, -0.2) is 43.6 Å². The minimum Gasteiger partial charge on any atom is -0.490 e. The van der Waals surface area contributed by atoms with E-state index in [-0.39, 0.29) is 23.6 Å². The number of nitrogens with zero attached hydrogens (tertiary/aromatic N) is 1. The summed E-state index contributed by atoms with van der Waals surface area (Å²) in [5.41, 5.74) is 2.95. The maximum atomic E-state index is 13.7. The molecule has 2 N–H and O–H groups in total. The van der Waals surface area contributed by atoms with E-state index < -0.39 is 23.8 Å². The van der Waals surface area contributed by atoms with Crippen LogP contribution >= 0.6 is 31.9 Å². The zero-order valence-corrected chi connectivity index (χ0v) is 27.8. The summed E-state index contributed by atoms with van der Waals surface area (Å²) in [7, 11) is 0. The fraction of sp³-hybridized carbons (Fsp3) is 0.250. The molecule has 1 saturated heterocycles. The van der Waals surface area contributed by atoms with Gasteiger partial charge < -0.3 is 19.5 Å². The van der Waals surface area contributed by atoms with E-state index in [2.05, 4.69) is 42.5 Å². The van der Waals surface area contributed by atoms with Crippen LogP contribution < -0.4 is 29.7 Å². The van der Waals surface area contributed by atoms with Crippen molar-refractivity contribution in [3.8, 4) is 17.2 Å². The average Bonchev–Trinajstić information content (AvgIpc) is 2.96. The molecular formula is C32H31Br2N3O7. The second kappa shape index (κ2) is 14.5. The molecule has 4 rings (SSSR count). The Kier molecular flexibility index (Phi) is 10.8. The summed E-state index contributed by atoms with van der Waals surface area (Å²) in [5.74, 6) is -1.09. The lowest BCUT2D eigenvalue weighted by Crippen LogP contribution is -2.54. The van der Waals surface area contributed by atoms with Crippen molar-refractivity contribution in [2.45, 2.75) is 34.1 Å². The number of ether oxygens (including phenoxy) is 3. The molecule has 0 aromatic heterocycles. The zero-order chi connectivity index (χ0) is 32.0. The SMILES string of the molecule is CCCOc1ccc(N2C(=O)NC(=O)/C(=C\c3cc(Br)cc(Br)c3OCC(=O)Nc3ccc(C)c(C)c3)C2=O)cc1OCC. The van der Waals surface area contributed by atoms with Crippen LogP contribution in [0.1, 0.15) is 37.0 Å². The van der Waals surface area contributed by atoms with Crippen molar-refractivity contribution < 1.29 is 33.4 Å². The van der Waals surface area contributed by atoms with E-state index in [1.54, 1.807) is 31.2 Å². The van der Waals surface area contributed by atoms with Crippen molar-refractivity contribution in [2.75, 3.05) is 30.0 Å². The highest BCUT2D eigenvalue weighted by Crippen LogP contribution is 2.36. The number of barbiturate groups is 1. The van der Waals surface area contributed by atoms with Gasteiger partial charge in [0.15, 0.2) is 18.1 Å². The lowest BCUT2D eigenvalue weighted by molar-refractivity contribution is -0.122. The van der Waals surface area contributed by atoms with E-state index in [0.29, 0.717) is 44.9 Å². The Balaban J connectivity index is 1.63. The largest absolute Gasteiger partial charge is 0.490 e. The Morgan fingerprint density at radius 1 is 0.932 bits per heavy atom. The smallest absolute Gasteiger partial charge is 0.335 e. The quantitative estimate of drug-likeness (QED) is 0.166. The van der Waals surface area contributed by atoms with Crippen LogP contribution in [0.25, 0.3) is 6.08 Å². The lowest BCUT2D eigenvalue weighted by atomic mass is 10.1. The summed E-state index contributed by atoms with van der Waals surface area (Å²) in [5, 5.41) is 5.02. The number of anilines is 2. The Labute approximate surface area is 272 Å². The fourth-order valence-corrected chi connectivity index (χ4v) is 5.65. The molecule has 44 heavy (non-hydrogen) atoms. The number of nitrogens with one attached hydrogen (secondary N) is 2. The molecule has 1 aliphatic heterocycles. The van der Waals surface area contributed by atoms with Crippen molar-refractivity contribution in [3.05, 3.63) is 79.7 Å². The number of benzene rings is 3. The van der Waals surface area contributed by atoms with Gasteiger partial charge >= 0.3 is 6.03 Å². The van der Waals surface area contributed by atoms with Gasteiger partial charge in [-0.05, 0) is 96.7 Å². The van der Waals surface area contributed by atoms with E-state index in [1.807, 2.05) is 32.9 Å². The molecule has 1 aliphatic rings. The first-order valence-corrected chi connectivity index (χ1v) is 15.4. The normalized spacial score (nSPS) is 14.0. The monoisotopic (exact) mass is 727 g/mol. The van der Waals surface area contributed by atoms with Crippen LogP contribution in [0.3, 0.4) is 0 Å². The number of carbonyl (C=O) groups is 4. The molecule has 0 atom stereocenters. The number of carbonyl (C=O) groups excluding carboxylic acids is 4. The van der Waals surface area contributed by atoms with Gasteiger partial charge in [0.25, 0.3) is 17.7 Å². The summed E-state index contributed by atoms with van der Waals surface area (Å²) in [6, 6.07) is 12.7. The second-order valence-electron chi connectivity index (χ2n) is 9.81. The van der Waals surface area contributed by atoms with Gasteiger partial charge in [0.1, 0.15) is 11.3 Å². The van der Waals surface area contributed by atoms with Gasteiger partial charge in [-0.15, -0.1) is 0 Å². The van der Waals surface area contributed by atoms with Crippen LogP contribution in [0.2, 0.25) is 0 Å². The lowest BCUT2D eigenvalue weighted by Gasteiger charge is -2.27. The van der Waals surface area contributed by atoms with Crippen molar-refractivity contribution in [1.29, 1.82) is 0 Å². The fourth-order valence-electron chi connectivity index (χ4n) is 4.28. The highest BCUT2D eigenvalue weighted by atomic mass is 79.9. The number of rotatable bonds is 11. The summed E-state index contributed by atoms with van der Waals surface area (Å²) in [6.07, 6.45) is 2.09. The van der Waals surface area contributed by atoms with Gasteiger partial charge in [0.2, 0.25) is 0 Å². The molecule has 0 radical (unpaired) electrons. The Morgan fingerprint density at radius 3 is 2.41 bits per heavy atom. The molecule has 0 spiro atoms. The highest BCUT2D eigenvalue weighted by Gasteiger charge is 2.37. The maximum absolute atomic E-state index is 13.7. The van der Waals surface area contributed by atoms with Gasteiger partial charge in [-0.2, -0.15) is 0 Å². The summed E-state index contributed by atoms with van der Waals surface area (Å²) in [4.78, 5) is 53.0. The number of urea groups is 1. The maximum Gasteiger partial charge on any atom is 0.335 e. The molecule has 1 fully saturated rings. The Bertz CT molecular complexity index is 1650. The predicted molar refractivity (Wildman–Crippen MR) is 174 cm³/mol. The molecule has 230 valence electrons. The van der Waals surface area contributed by atoms with Crippen LogP contribution in [0.15, 0.2) is 63.0 Å². The average molecular weight is 729 g/mol. The minimum atomic E-state index is -0.906. The van der Waals surface area contributed by atoms with Gasteiger partial charge in [-0.25, -0.2) is 9.69 Å². The van der Waals surface area contributed by atoms with Crippen molar-refractivity contribution in [3.63, 3.8) is 0 Å². The standard InChI is InChI=1S/C32H31Br2N3O7/c1-5-11-43-26-10-9-23(16-27(26)42-6-2)37-31(40)24(30(39)36-32(37)41)14-20-13-21(33)15-25(34)29(20)44-17-28(38)35-22-8-7-18(3)19(4)12-22/h7-10,12-16H,5-6,11,17H2,1-4H3,(H,35,38)(H,36,39,41)/b24-14+. The van der Waals surface area contributed by atoms with E-state index in [1.165, 1.54) is 18.2 Å².